The second-order valence-electron chi connectivity index (χ2n) is 11.6. The lowest BCUT2D eigenvalue weighted by Crippen LogP contribution is -2.56. The molecule has 1 fully saturated rings. The van der Waals surface area contributed by atoms with Crippen molar-refractivity contribution in [3.05, 3.63) is 77.0 Å². The highest BCUT2D eigenvalue weighted by atomic mass is 32.2. The van der Waals surface area contributed by atoms with E-state index >= 15 is 0 Å². The Hall–Kier alpha value is -3.21. The zero-order chi connectivity index (χ0) is 29.9. The Bertz CT molecular complexity index is 1380. The first kappa shape index (κ1) is 30.7. The third-order valence-corrected chi connectivity index (χ3v) is 9.76. The molecular formula is C31H42N4O5S. The summed E-state index contributed by atoms with van der Waals surface area (Å²) >= 11 is 0. The first-order chi connectivity index (χ1) is 19.4. The molecular weight excluding hydrogens is 540 g/mol. The molecule has 2 aliphatic rings. The molecule has 2 amide bonds. The maximum Gasteiger partial charge on any atom is 0.338 e. The number of hydrogen-bond acceptors (Lipinski definition) is 6. The first-order valence-electron chi connectivity index (χ1n) is 14.3. The Kier molecular flexibility index (Phi) is 9.25. The molecule has 2 atom stereocenters. The third kappa shape index (κ3) is 6.50. The molecule has 0 spiro atoms. The number of benzene rings is 2. The molecule has 1 N–H and O–H groups in total. The maximum atomic E-state index is 13.5. The summed E-state index contributed by atoms with van der Waals surface area (Å²) in [6.45, 7) is 14.0. The highest BCUT2D eigenvalue weighted by Crippen LogP contribution is 2.34. The van der Waals surface area contributed by atoms with E-state index in [-0.39, 0.29) is 29.0 Å². The van der Waals surface area contributed by atoms with E-state index in [0.717, 1.165) is 11.1 Å². The van der Waals surface area contributed by atoms with Crippen molar-refractivity contribution in [3.8, 4) is 0 Å². The van der Waals surface area contributed by atoms with Gasteiger partial charge in [-0.3, -0.25) is 9.80 Å². The highest BCUT2D eigenvalue weighted by Gasteiger charge is 2.40. The van der Waals surface area contributed by atoms with Crippen molar-refractivity contribution >= 4 is 22.0 Å². The van der Waals surface area contributed by atoms with Gasteiger partial charge in [0, 0.05) is 44.5 Å². The van der Waals surface area contributed by atoms with Crippen LogP contribution in [0.1, 0.15) is 58.7 Å². The van der Waals surface area contributed by atoms with Gasteiger partial charge in [0.2, 0.25) is 10.0 Å². The third-order valence-electron chi connectivity index (χ3n) is 7.73. The molecule has 0 unspecified atom stereocenters. The molecule has 2 aromatic carbocycles. The van der Waals surface area contributed by atoms with Gasteiger partial charge in [0.15, 0.2) is 0 Å². The van der Waals surface area contributed by atoms with E-state index in [0.29, 0.717) is 44.0 Å². The molecule has 0 aromatic heterocycles. The lowest BCUT2D eigenvalue weighted by atomic mass is 9.85. The van der Waals surface area contributed by atoms with E-state index in [1.54, 1.807) is 42.2 Å². The van der Waals surface area contributed by atoms with Gasteiger partial charge in [0.1, 0.15) is 0 Å². The number of piperazine rings is 1. The van der Waals surface area contributed by atoms with Crippen molar-refractivity contribution in [1.29, 1.82) is 0 Å². The minimum absolute atomic E-state index is 0.0366. The molecule has 222 valence electrons. The fraction of sp³-hybridized carbons (Fsp3) is 0.484. The lowest BCUT2D eigenvalue weighted by Gasteiger charge is -2.42. The summed E-state index contributed by atoms with van der Waals surface area (Å²) in [5.74, 6) is -0.468. The Balaban J connectivity index is 1.67. The van der Waals surface area contributed by atoms with Crippen molar-refractivity contribution in [3.63, 3.8) is 0 Å². The fourth-order valence-corrected chi connectivity index (χ4v) is 7.17. The topological polar surface area (TPSA) is 99.3 Å². The number of urea groups is 1. The molecule has 1 saturated heterocycles. The van der Waals surface area contributed by atoms with Crippen molar-refractivity contribution in [2.24, 2.45) is 0 Å². The molecule has 0 saturated carbocycles. The summed E-state index contributed by atoms with van der Waals surface area (Å²) in [5.41, 5.74) is 2.91. The minimum atomic E-state index is -3.64. The van der Waals surface area contributed by atoms with Crippen molar-refractivity contribution in [2.45, 2.75) is 63.9 Å². The molecule has 41 heavy (non-hydrogen) atoms. The molecule has 2 heterocycles. The fourth-order valence-electron chi connectivity index (χ4n) is 5.54. The van der Waals surface area contributed by atoms with Gasteiger partial charge in [-0.1, -0.05) is 63.2 Å². The van der Waals surface area contributed by atoms with Crippen LogP contribution < -0.4 is 5.32 Å². The van der Waals surface area contributed by atoms with Crippen molar-refractivity contribution in [2.75, 3.05) is 39.3 Å². The van der Waals surface area contributed by atoms with Gasteiger partial charge in [0.25, 0.3) is 0 Å². The first-order valence-corrected chi connectivity index (χ1v) is 15.7. The second kappa shape index (κ2) is 12.3. The molecule has 10 heteroatoms. The average Bonchev–Trinajstić information content (AvgIpc) is 2.93. The van der Waals surface area contributed by atoms with Crippen LogP contribution in [0.2, 0.25) is 0 Å². The summed E-state index contributed by atoms with van der Waals surface area (Å²) in [7, 11) is -3.64. The van der Waals surface area contributed by atoms with Crippen LogP contribution in [0, 0.1) is 0 Å². The van der Waals surface area contributed by atoms with Crippen LogP contribution in [0.3, 0.4) is 0 Å². The number of ether oxygens (including phenoxy) is 1. The number of carbonyl (C=O) groups excluding carboxylic acids is 2. The van der Waals surface area contributed by atoms with Gasteiger partial charge in [-0.25, -0.2) is 18.0 Å². The van der Waals surface area contributed by atoms with Crippen LogP contribution >= 0.6 is 0 Å². The van der Waals surface area contributed by atoms with Crippen LogP contribution in [0.15, 0.2) is 70.8 Å². The number of rotatable bonds is 8. The average molecular weight is 583 g/mol. The van der Waals surface area contributed by atoms with Gasteiger partial charge >= 0.3 is 12.0 Å². The lowest BCUT2D eigenvalue weighted by molar-refractivity contribution is -0.139. The van der Waals surface area contributed by atoms with Crippen molar-refractivity contribution in [1.82, 2.24) is 19.4 Å². The number of hydrogen-bond donors (Lipinski definition) is 1. The standard InChI is InChI=1S/C31H42N4O5S/c1-7-34-26(21-33-18-19-35(22(3)20-33)41(38,39)25-12-10-9-11-13-25)27(29(36)40-8-2)28(32-30(34)37)23-14-16-24(17-15-23)31(4,5)6/h9-17,22,28H,7-8,18-21H2,1-6H3,(H,32,37)/t22-,28+/m1/s1. The van der Waals surface area contributed by atoms with E-state index in [1.807, 2.05) is 38.1 Å². The summed E-state index contributed by atoms with van der Waals surface area (Å²) < 4.78 is 33.7. The maximum absolute atomic E-state index is 13.5. The van der Waals surface area contributed by atoms with Crippen LogP contribution in [0.5, 0.6) is 0 Å². The number of sulfonamides is 1. The van der Waals surface area contributed by atoms with E-state index in [1.165, 1.54) is 4.31 Å². The number of carbonyl (C=O) groups is 2. The number of amides is 2. The SMILES string of the molecule is CCOC(=O)C1=C(CN2CCN(S(=O)(=O)c3ccccc3)[C@H](C)C2)N(CC)C(=O)N[C@H]1c1ccc(C(C)(C)C)cc1. The molecule has 2 aliphatic heterocycles. The molecule has 0 bridgehead atoms. The molecule has 9 nitrogen and oxygen atoms in total. The summed E-state index contributed by atoms with van der Waals surface area (Å²) in [6.07, 6.45) is 0. The van der Waals surface area contributed by atoms with Gasteiger partial charge in [-0.15, -0.1) is 0 Å². The Morgan fingerprint density at radius 2 is 1.68 bits per heavy atom. The smallest absolute Gasteiger partial charge is 0.338 e. The van der Waals surface area contributed by atoms with E-state index in [9.17, 15) is 18.0 Å². The van der Waals surface area contributed by atoms with E-state index < -0.39 is 22.0 Å². The Labute approximate surface area is 244 Å². The van der Waals surface area contributed by atoms with Crippen LogP contribution in [0.4, 0.5) is 4.79 Å². The normalized spacial score (nSPS) is 21.1. The zero-order valence-electron chi connectivity index (χ0n) is 24.9. The monoisotopic (exact) mass is 582 g/mol. The van der Waals surface area contributed by atoms with Crippen LogP contribution in [-0.4, -0.2) is 79.9 Å². The Morgan fingerprint density at radius 3 is 2.24 bits per heavy atom. The second-order valence-corrected chi connectivity index (χ2v) is 13.5. The van der Waals surface area contributed by atoms with Crippen LogP contribution in [-0.2, 0) is 25.0 Å². The molecule has 2 aromatic rings. The largest absolute Gasteiger partial charge is 0.463 e. The minimum Gasteiger partial charge on any atom is -0.463 e. The van der Waals surface area contributed by atoms with Gasteiger partial charge in [0.05, 0.1) is 23.1 Å². The van der Waals surface area contributed by atoms with Gasteiger partial charge in [-0.2, -0.15) is 4.31 Å². The van der Waals surface area contributed by atoms with Gasteiger partial charge in [-0.05, 0) is 49.4 Å². The van der Waals surface area contributed by atoms with E-state index in [2.05, 4.69) is 31.0 Å². The predicted molar refractivity (Wildman–Crippen MR) is 159 cm³/mol. The number of esters is 1. The van der Waals surface area contributed by atoms with Gasteiger partial charge < -0.3 is 10.1 Å². The summed E-state index contributed by atoms with van der Waals surface area (Å²) in [4.78, 5) is 30.8. The Morgan fingerprint density at radius 1 is 1.02 bits per heavy atom. The summed E-state index contributed by atoms with van der Waals surface area (Å²) in [5, 5.41) is 3.02. The molecule has 0 radical (unpaired) electrons. The van der Waals surface area contributed by atoms with Crippen LogP contribution in [0.25, 0.3) is 0 Å². The number of nitrogens with zero attached hydrogens (tertiary/aromatic N) is 3. The summed E-state index contributed by atoms with van der Waals surface area (Å²) in [6, 6.07) is 15.2. The molecule has 0 aliphatic carbocycles. The quantitative estimate of drug-likeness (QED) is 0.467. The molecule has 4 rings (SSSR count). The van der Waals surface area contributed by atoms with Crippen molar-refractivity contribution < 1.29 is 22.7 Å². The van der Waals surface area contributed by atoms with E-state index in [4.69, 9.17) is 4.74 Å². The zero-order valence-corrected chi connectivity index (χ0v) is 25.7. The highest BCUT2D eigenvalue weighted by molar-refractivity contribution is 7.89. The number of likely N-dealkylation sites (N-methyl/N-ethyl adjacent to an activating group) is 1. The number of nitrogens with one attached hydrogen (secondary N) is 1. The predicted octanol–water partition coefficient (Wildman–Crippen LogP) is 4.28.